The van der Waals surface area contributed by atoms with Gasteiger partial charge < -0.3 is 9.47 Å². The smallest absolute Gasteiger partial charge is 0.324 e. The molecule has 10 heteroatoms. The van der Waals surface area contributed by atoms with Crippen LogP contribution in [0.25, 0.3) is 10.9 Å². The summed E-state index contributed by atoms with van der Waals surface area (Å²) < 4.78 is 30.1. The van der Waals surface area contributed by atoms with Crippen LogP contribution in [0.4, 0.5) is 20.3 Å². The Morgan fingerprint density at radius 3 is 2.64 bits per heavy atom. The number of aromatic nitrogens is 3. The molecule has 2 aliphatic rings. The molecule has 0 N–H and O–H groups in total. The Morgan fingerprint density at radius 2 is 1.94 bits per heavy atom. The number of fused-ring (bicyclic) bond motifs is 2. The van der Waals surface area contributed by atoms with Crippen molar-refractivity contribution in [3.05, 3.63) is 57.8 Å². The van der Waals surface area contributed by atoms with Gasteiger partial charge in [0.25, 0.3) is 0 Å². The van der Waals surface area contributed by atoms with Gasteiger partial charge in [-0.2, -0.15) is 4.98 Å². The second kappa shape index (κ2) is 7.48. The maximum absolute atomic E-state index is 15.1. The zero-order valence-electron chi connectivity index (χ0n) is 18.0. The fourth-order valence-electron chi connectivity index (χ4n) is 4.17. The third-order valence-electron chi connectivity index (χ3n) is 6.21. The molecule has 1 fully saturated rings. The average molecular weight is 436 g/mol. The number of rotatable bonds is 2. The van der Waals surface area contributed by atoms with E-state index in [1.165, 1.54) is 6.07 Å². The van der Waals surface area contributed by atoms with Crippen molar-refractivity contribution in [2.45, 2.75) is 37.8 Å². The van der Waals surface area contributed by atoms with Gasteiger partial charge in [0.15, 0.2) is 17.5 Å². The Balaban J connectivity index is 1.75. The first-order valence-electron chi connectivity index (χ1n) is 10.6. The molecule has 5 nitrogen and oxygen atoms in total. The molecular formula is C23H17B3F2N4O. The Hall–Kier alpha value is -3.08. The van der Waals surface area contributed by atoms with E-state index < -0.39 is 22.6 Å². The van der Waals surface area contributed by atoms with Crippen LogP contribution in [0.1, 0.15) is 37.3 Å². The van der Waals surface area contributed by atoms with Crippen LogP contribution in [0.5, 0.6) is 0 Å². The Labute approximate surface area is 193 Å². The molecule has 1 aliphatic carbocycles. The van der Waals surface area contributed by atoms with Crippen molar-refractivity contribution in [1.29, 1.82) is 0 Å². The molecule has 0 saturated heterocycles. The monoisotopic (exact) mass is 436 g/mol. The number of hydrogen-bond acceptors (Lipinski definition) is 4. The fourth-order valence-corrected chi connectivity index (χ4v) is 4.17. The second-order valence-corrected chi connectivity index (χ2v) is 8.95. The number of benzene rings is 1. The van der Waals surface area contributed by atoms with Crippen molar-refractivity contribution in [2.24, 2.45) is 5.41 Å². The molecule has 1 aromatic carbocycles. The average Bonchev–Trinajstić information content (AvgIpc) is 3.50. The largest absolute Gasteiger partial charge is 0.348 e. The first kappa shape index (κ1) is 21.8. The lowest BCUT2D eigenvalue weighted by molar-refractivity contribution is 0.515. The van der Waals surface area contributed by atoms with E-state index in [0.717, 1.165) is 41.0 Å². The van der Waals surface area contributed by atoms with Crippen molar-refractivity contribution in [3.63, 3.8) is 0 Å². The normalized spacial score (nSPS) is 16.8. The number of anilines is 2. The predicted molar refractivity (Wildman–Crippen MR) is 125 cm³/mol. The summed E-state index contributed by atoms with van der Waals surface area (Å²) in [6.07, 6.45) is 6.89. The van der Waals surface area contributed by atoms with E-state index in [4.69, 9.17) is 23.5 Å². The quantitative estimate of drug-likeness (QED) is 0.458. The van der Waals surface area contributed by atoms with Gasteiger partial charge in [-0.05, 0) is 50.3 Å². The molecule has 0 spiro atoms. The Bertz CT molecular complexity index is 1420. The maximum Gasteiger partial charge on any atom is 0.348 e. The Morgan fingerprint density at radius 1 is 1.18 bits per heavy atom. The molecule has 1 saturated carbocycles. The number of halogens is 2. The SMILES string of the molecule is [B]C([B])([B])n1c(=O)nc(N2CCCc3c(C#CC4(C)CC4)cncc32)c2c(F)c(F)ccc21. The van der Waals surface area contributed by atoms with E-state index in [1.54, 1.807) is 17.3 Å². The van der Waals surface area contributed by atoms with Crippen LogP contribution < -0.4 is 10.6 Å². The van der Waals surface area contributed by atoms with Crippen LogP contribution in [-0.2, 0) is 11.7 Å². The standard InChI is InChI=1S/C23H17B3F2N4O/c1-22(8-9-22)7-6-13-11-29-12-17-14(13)3-2-10-31(17)20-18-16(5-4-15(27)19(18)28)32(21(33)30-20)23(24,25)26/h4-5,11-12H,2-3,8-10H2,1H3. The van der Waals surface area contributed by atoms with E-state index in [1.807, 2.05) is 0 Å². The molecule has 5 rings (SSSR count). The number of pyridine rings is 1. The van der Waals surface area contributed by atoms with Gasteiger partial charge in [-0.25, -0.2) is 13.6 Å². The van der Waals surface area contributed by atoms with Crippen molar-refractivity contribution >= 4 is 45.9 Å². The molecule has 0 amide bonds. The van der Waals surface area contributed by atoms with Gasteiger partial charge in [0.1, 0.15) is 0 Å². The van der Waals surface area contributed by atoms with Gasteiger partial charge in [-0.1, -0.05) is 17.1 Å². The van der Waals surface area contributed by atoms with Gasteiger partial charge in [0.2, 0.25) is 0 Å². The van der Waals surface area contributed by atoms with Crippen LogP contribution in [0.2, 0.25) is 0 Å². The number of hydrogen-bond donors (Lipinski definition) is 0. The third-order valence-corrected chi connectivity index (χ3v) is 6.21. The summed E-state index contributed by atoms with van der Waals surface area (Å²) in [7, 11) is 17.2. The first-order chi connectivity index (χ1) is 15.6. The van der Waals surface area contributed by atoms with Gasteiger partial charge in [0.05, 0.1) is 46.3 Å². The molecule has 6 radical (unpaired) electrons. The zero-order chi connectivity index (χ0) is 23.5. The van der Waals surface area contributed by atoms with Crippen LogP contribution in [0.3, 0.4) is 0 Å². The lowest BCUT2D eigenvalue weighted by Crippen LogP contribution is -2.44. The molecule has 1 aliphatic heterocycles. The zero-order valence-corrected chi connectivity index (χ0v) is 18.0. The summed E-state index contributed by atoms with van der Waals surface area (Å²) >= 11 is 0. The van der Waals surface area contributed by atoms with E-state index in [2.05, 4.69) is 28.7 Å². The molecule has 3 heterocycles. The summed E-state index contributed by atoms with van der Waals surface area (Å²) in [6.45, 7) is 2.54. The summed E-state index contributed by atoms with van der Waals surface area (Å²) in [5.41, 5.74) is 1.44. The van der Waals surface area contributed by atoms with E-state index in [-0.39, 0.29) is 22.1 Å². The van der Waals surface area contributed by atoms with Gasteiger partial charge in [-0.15, -0.1) is 0 Å². The molecule has 158 valence electrons. The first-order valence-corrected chi connectivity index (χ1v) is 10.6. The minimum Gasteiger partial charge on any atom is -0.324 e. The van der Waals surface area contributed by atoms with Crippen LogP contribution in [0, 0.1) is 28.9 Å². The second-order valence-electron chi connectivity index (χ2n) is 8.95. The van der Waals surface area contributed by atoms with E-state index in [0.29, 0.717) is 18.7 Å². The Kier molecular flexibility index (Phi) is 4.93. The lowest BCUT2D eigenvalue weighted by atomic mass is 9.49. The summed E-state index contributed by atoms with van der Waals surface area (Å²) in [5.74, 6) is 4.22. The highest BCUT2D eigenvalue weighted by Crippen LogP contribution is 2.44. The number of nitrogens with zero attached hydrogens (tertiary/aromatic N) is 4. The van der Waals surface area contributed by atoms with Crippen LogP contribution in [-0.4, -0.2) is 44.6 Å². The van der Waals surface area contributed by atoms with Gasteiger partial charge in [0, 0.05) is 23.7 Å². The maximum atomic E-state index is 15.1. The summed E-state index contributed by atoms with van der Waals surface area (Å²) in [4.78, 5) is 22.9. The molecule has 3 aromatic rings. The predicted octanol–water partition coefficient (Wildman–Crippen LogP) is 2.38. The molecule has 0 atom stereocenters. The highest BCUT2D eigenvalue weighted by Gasteiger charge is 2.35. The molecule has 2 aromatic heterocycles. The van der Waals surface area contributed by atoms with Gasteiger partial charge >= 0.3 is 5.69 Å². The van der Waals surface area contributed by atoms with Crippen molar-refractivity contribution in [1.82, 2.24) is 14.5 Å². The van der Waals surface area contributed by atoms with Crippen molar-refractivity contribution in [2.75, 3.05) is 11.4 Å². The highest BCUT2D eigenvalue weighted by atomic mass is 19.2. The molecule has 0 bridgehead atoms. The lowest BCUT2D eigenvalue weighted by Gasteiger charge is -2.33. The van der Waals surface area contributed by atoms with Gasteiger partial charge in [-0.3, -0.25) is 4.98 Å². The summed E-state index contributed by atoms with van der Waals surface area (Å²) in [5, 5.41) is -2.40. The van der Waals surface area contributed by atoms with Crippen molar-refractivity contribution in [3.8, 4) is 11.8 Å². The van der Waals surface area contributed by atoms with Crippen LogP contribution >= 0.6 is 0 Å². The van der Waals surface area contributed by atoms with Crippen LogP contribution in [0.15, 0.2) is 29.3 Å². The molecule has 33 heavy (non-hydrogen) atoms. The fraction of sp³-hybridized carbons (Fsp3) is 0.348. The molecular weight excluding hydrogens is 419 g/mol. The van der Waals surface area contributed by atoms with Crippen molar-refractivity contribution < 1.29 is 8.78 Å². The minimum absolute atomic E-state index is 0.0408. The molecule has 0 unspecified atom stereocenters. The van der Waals surface area contributed by atoms with E-state index in [9.17, 15) is 9.18 Å². The highest BCUT2D eigenvalue weighted by molar-refractivity contribution is 6.56. The van der Waals surface area contributed by atoms with E-state index >= 15 is 4.39 Å². The topological polar surface area (TPSA) is 51.0 Å². The minimum atomic E-state index is -2.16. The third kappa shape index (κ3) is 3.74. The summed E-state index contributed by atoms with van der Waals surface area (Å²) in [6, 6.07) is 2.10.